The molecule has 96 valence electrons. The van der Waals surface area contributed by atoms with E-state index in [4.69, 9.17) is 9.47 Å². The minimum absolute atomic E-state index is 0.307. The van der Waals surface area contributed by atoms with E-state index in [-0.39, 0.29) is 5.97 Å². The smallest absolute Gasteiger partial charge is 0.347 e. The van der Waals surface area contributed by atoms with E-state index < -0.39 is 6.10 Å². The summed E-state index contributed by atoms with van der Waals surface area (Å²) in [6.07, 6.45) is 4.38. The molecule has 5 heteroatoms. The van der Waals surface area contributed by atoms with Gasteiger partial charge in [-0.25, -0.2) is 4.79 Å². The number of carbonyl (C=O) groups excluding carboxylic acids is 1. The Morgan fingerprint density at radius 3 is 2.76 bits per heavy atom. The highest BCUT2D eigenvalue weighted by Crippen LogP contribution is 2.14. The van der Waals surface area contributed by atoms with Gasteiger partial charge in [-0.3, -0.25) is 4.68 Å². The van der Waals surface area contributed by atoms with E-state index in [1.807, 2.05) is 13.8 Å². The van der Waals surface area contributed by atoms with Crippen molar-refractivity contribution in [2.45, 2.75) is 46.3 Å². The fourth-order valence-electron chi connectivity index (χ4n) is 1.46. The SMILES string of the molecule is CCCC(Oc1cnn(CC)c1)C(=O)OCC. The van der Waals surface area contributed by atoms with Crippen LogP contribution in [-0.4, -0.2) is 28.5 Å². The Kier molecular flexibility index (Phi) is 5.52. The van der Waals surface area contributed by atoms with Crippen LogP contribution in [0.4, 0.5) is 0 Å². The topological polar surface area (TPSA) is 53.4 Å². The molecule has 1 heterocycles. The molecular weight excluding hydrogens is 220 g/mol. The molecule has 17 heavy (non-hydrogen) atoms. The minimum atomic E-state index is -0.533. The molecule has 0 amide bonds. The van der Waals surface area contributed by atoms with Crippen LogP contribution >= 0.6 is 0 Å². The van der Waals surface area contributed by atoms with Crippen molar-refractivity contribution >= 4 is 5.97 Å². The van der Waals surface area contributed by atoms with Gasteiger partial charge in [0.25, 0.3) is 0 Å². The van der Waals surface area contributed by atoms with Crippen LogP contribution in [0.25, 0.3) is 0 Å². The van der Waals surface area contributed by atoms with Crippen LogP contribution in [0, 0.1) is 0 Å². The molecule has 0 N–H and O–H groups in total. The third-order valence-electron chi connectivity index (χ3n) is 2.31. The molecule has 1 aromatic rings. The molecule has 0 radical (unpaired) electrons. The Hall–Kier alpha value is -1.52. The average Bonchev–Trinajstić information content (AvgIpc) is 2.76. The van der Waals surface area contributed by atoms with E-state index >= 15 is 0 Å². The average molecular weight is 240 g/mol. The van der Waals surface area contributed by atoms with Gasteiger partial charge >= 0.3 is 5.97 Å². The quantitative estimate of drug-likeness (QED) is 0.684. The maximum atomic E-state index is 11.6. The number of carbonyl (C=O) groups is 1. The second kappa shape index (κ2) is 6.93. The maximum Gasteiger partial charge on any atom is 0.347 e. The number of hydrogen-bond acceptors (Lipinski definition) is 4. The van der Waals surface area contributed by atoms with Crippen molar-refractivity contribution in [1.82, 2.24) is 9.78 Å². The van der Waals surface area contributed by atoms with Gasteiger partial charge in [-0.15, -0.1) is 0 Å². The fraction of sp³-hybridized carbons (Fsp3) is 0.667. The van der Waals surface area contributed by atoms with Crippen molar-refractivity contribution in [2.75, 3.05) is 6.61 Å². The predicted octanol–water partition coefficient (Wildman–Crippen LogP) is 2.01. The molecule has 1 rings (SSSR count). The van der Waals surface area contributed by atoms with E-state index in [0.717, 1.165) is 13.0 Å². The largest absolute Gasteiger partial charge is 0.475 e. The number of hydrogen-bond donors (Lipinski definition) is 0. The second-order valence-electron chi connectivity index (χ2n) is 3.68. The molecule has 0 fully saturated rings. The Balaban J connectivity index is 2.62. The lowest BCUT2D eigenvalue weighted by atomic mass is 10.2. The molecule has 0 spiro atoms. The number of aromatic nitrogens is 2. The molecule has 0 aliphatic heterocycles. The van der Waals surface area contributed by atoms with Crippen molar-refractivity contribution in [2.24, 2.45) is 0 Å². The van der Waals surface area contributed by atoms with Crippen LogP contribution in [0.15, 0.2) is 12.4 Å². The lowest BCUT2D eigenvalue weighted by Crippen LogP contribution is -2.29. The summed E-state index contributed by atoms with van der Waals surface area (Å²) in [5, 5.41) is 4.09. The molecule has 0 saturated heterocycles. The highest BCUT2D eigenvalue weighted by Gasteiger charge is 2.21. The normalized spacial score (nSPS) is 12.2. The van der Waals surface area contributed by atoms with Gasteiger partial charge in [-0.05, 0) is 20.3 Å². The van der Waals surface area contributed by atoms with E-state index in [1.165, 1.54) is 0 Å². The number of aryl methyl sites for hydroxylation is 1. The number of rotatable bonds is 7. The first-order valence-corrected chi connectivity index (χ1v) is 6.06. The first-order chi connectivity index (χ1) is 8.21. The van der Waals surface area contributed by atoms with E-state index in [9.17, 15) is 4.79 Å². The third-order valence-corrected chi connectivity index (χ3v) is 2.31. The van der Waals surface area contributed by atoms with E-state index in [0.29, 0.717) is 18.8 Å². The summed E-state index contributed by atoms with van der Waals surface area (Å²) in [5.41, 5.74) is 0. The Labute approximate surface area is 102 Å². The van der Waals surface area contributed by atoms with Gasteiger partial charge in [0.15, 0.2) is 11.9 Å². The molecule has 0 aliphatic rings. The minimum Gasteiger partial charge on any atom is -0.475 e. The van der Waals surface area contributed by atoms with Crippen LogP contribution in [-0.2, 0) is 16.1 Å². The Morgan fingerprint density at radius 2 is 2.24 bits per heavy atom. The fourth-order valence-corrected chi connectivity index (χ4v) is 1.46. The van der Waals surface area contributed by atoms with E-state index in [2.05, 4.69) is 5.10 Å². The van der Waals surface area contributed by atoms with Gasteiger partial charge in [-0.1, -0.05) is 13.3 Å². The first kappa shape index (κ1) is 13.5. The summed E-state index contributed by atoms with van der Waals surface area (Å²) < 4.78 is 12.3. The van der Waals surface area contributed by atoms with Crippen LogP contribution in [0.2, 0.25) is 0 Å². The lowest BCUT2D eigenvalue weighted by Gasteiger charge is -2.15. The van der Waals surface area contributed by atoms with Crippen molar-refractivity contribution in [3.8, 4) is 5.75 Å². The lowest BCUT2D eigenvalue weighted by molar-refractivity contribution is -0.151. The molecule has 0 saturated carbocycles. The van der Waals surface area contributed by atoms with Crippen LogP contribution in [0.3, 0.4) is 0 Å². The van der Waals surface area contributed by atoms with E-state index in [1.54, 1.807) is 24.0 Å². The number of esters is 1. The molecule has 0 aromatic carbocycles. The second-order valence-corrected chi connectivity index (χ2v) is 3.68. The van der Waals surface area contributed by atoms with Gasteiger partial charge in [0.2, 0.25) is 0 Å². The van der Waals surface area contributed by atoms with Crippen molar-refractivity contribution in [3.63, 3.8) is 0 Å². The molecule has 5 nitrogen and oxygen atoms in total. The van der Waals surface area contributed by atoms with Crippen molar-refractivity contribution in [1.29, 1.82) is 0 Å². The zero-order chi connectivity index (χ0) is 12.7. The molecule has 1 atom stereocenters. The summed E-state index contributed by atoms with van der Waals surface area (Å²) in [4.78, 5) is 11.6. The highest BCUT2D eigenvalue weighted by molar-refractivity contribution is 5.75. The zero-order valence-corrected chi connectivity index (χ0v) is 10.7. The van der Waals surface area contributed by atoms with Gasteiger partial charge in [0, 0.05) is 6.54 Å². The van der Waals surface area contributed by atoms with Crippen LogP contribution in [0.5, 0.6) is 5.75 Å². The van der Waals surface area contributed by atoms with Crippen molar-refractivity contribution in [3.05, 3.63) is 12.4 Å². The third kappa shape index (κ3) is 4.09. The zero-order valence-electron chi connectivity index (χ0n) is 10.7. The molecule has 1 aromatic heterocycles. The summed E-state index contributed by atoms with van der Waals surface area (Å²) in [6.45, 7) is 6.94. The molecule has 0 aliphatic carbocycles. The van der Waals surface area contributed by atoms with Gasteiger partial charge in [0.1, 0.15) is 0 Å². The van der Waals surface area contributed by atoms with Gasteiger partial charge in [0.05, 0.1) is 19.0 Å². The Morgan fingerprint density at radius 1 is 1.47 bits per heavy atom. The van der Waals surface area contributed by atoms with Crippen LogP contribution in [0.1, 0.15) is 33.6 Å². The summed E-state index contributed by atoms with van der Waals surface area (Å²) in [7, 11) is 0. The monoisotopic (exact) mass is 240 g/mol. The highest BCUT2D eigenvalue weighted by atomic mass is 16.6. The standard InChI is InChI=1S/C12H20N2O3/c1-4-7-11(12(15)16-6-3)17-10-8-13-14(5-2)9-10/h8-9,11H,4-7H2,1-3H3. The Bertz CT molecular complexity index is 349. The molecule has 1 unspecified atom stereocenters. The van der Waals surface area contributed by atoms with Crippen LogP contribution < -0.4 is 4.74 Å². The number of nitrogens with zero attached hydrogens (tertiary/aromatic N) is 2. The van der Waals surface area contributed by atoms with Gasteiger partial charge in [-0.2, -0.15) is 5.10 Å². The molecule has 0 bridgehead atoms. The van der Waals surface area contributed by atoms with Gasteiger partial charge < -0.3 is 9.47 Å². The summed E-state index contributed by atoms with van der Waals surface area (Å²) in [5.74, 6) is 0.303. The van der Waals surface area contributed by atoms with Crippen molar-refractivity contribution < 1.29 is 14.3 Å². The number of ether oxygens (including phenoxy) is 2. The summed E-state index contributed by atoms with van der Waals surface area (Å²) in [6, 6.07) is 0. The predicted molar refractivity (Wildman–Crippen MR) is 63.9 cm³/mol. The first-order valence-electron chi connectivity index (χ1n) is 6.06. The summed E-state index contributed by atoms with van der Waals surface area (Å²) >= 11 is 0. The molecular formula is C12H20N2O3. The maximum absolute atomic E-state index is 11.6.